The molecule has 0 radical (unpaired) electrons. The Bertz CT molecular complexity index is 673. The van der Waals surface area contributed by atoms with E-state index in [9.17, 15) is 0 Å². The molecule has 0 aromatic carbocycles. The van der Waals surface area contributed by atoms with Crippen LogP contribution in [0.25, 0.3) is 11.0 Å². The third kappa shape index (κ3) is 2.35. The minimum atomic E-state index is 0.540. The number of hydrogen-bond acceptors (Lipinski definition) is 3. The van der Waals surface area contributed by atoms with E-state index in [4.69, 9.17) is 5.73 Å². The van der Waals surface area contributed by atoms with Gasteiger partial charge >= 0.3 is 0 Å². The molecule has 0 saturated heterocycles. The van der Waals surface area contributed by atoms with Gasteiger partial charge in [-0.05, 0) is 29.8 Å². The number of aryl methyl sites for hydroxylation is 2. The van der Waals surface area contributed by atoms with E-state index in [1.807, 2.05) is 36.7 Å². The van der Waals surface area contributed by atoms with Crippen molar-refractivity contribution in [3.05, 3.63) is 60.2 Å². The number of pyridine rings is 2. The Hall–Kier alpha value is -2.20. The molecule has 0 aliphatic rings. The van der Waals surface area contributed by atoms with Crippen LogP contribution in [0.5, 0.6) is 0 Å². The first-order valence-electron chi connectivity index (χ1n) is 6.41. The van der Waals surface area contributed by atoms with Crippen molar-refractivity contribution in [2.75, 3.05) is 0 Å². The van der Waals surface area contributed by atoms with Crippen molar-refractivity contribution in [1.82, 2.24) is 14.5 Å². The highest BCUT2D eigenvalue weighted by atomic mass is 15.0. The van der Waals surface area contributed by atoms with Gasteiger partial charge in [0.1, 0.15) is 5.65 Å². The number of rotatable bonds is 4. The number of nitrogens with zero attached hydrogens (tertiary/aromatic N) is 3. The van der Waals surface area contributed by atoms with Gasteiger partial charge in [0.25, 0.3) is 0 Å². The molecule has 2 N–H and O–H groups in total. The van der Waals surface area contributed by atoms with Crippen molar-refractivity contribution in [1.29, 1.82) is 0 Å². The molecule has 0 atom stereocenters. The Morgan fingerprint density at radius 3 is 2.74 bits per heavy atom. The molecule has 3 rings (SSSR count). The Labute approximate surface area is 111 Å². The predicted octanol–water partition coefficient (Wildman–Crippen LogP) is 2.13. The van der Waals surface area contributed by atoms with Crippen LogP contribution in [0.4, 0.5) is 0 Å². The average molecular weight is 252 g/mol. The minimum Gasteiger partial charge on any atom is -0.332 e. The van der Waals surface area contributed by atoms with Gasteiger partial charge in [-0.15, -0.1) is 0 Å². The summed E-state index contributed by atoms with van der Waals surface area (Å²) >= 11 is 0. The maximum atomic E-state index is 5.78. The molecule has 0 aliphatic heterocycles. The van der Waals surface area contributed by atoms with Gasteiger partial charge < -0.3 is 10.3 Å². The quantitative estimate of drug-likeness (QED) is 0.774. The lowest BCUT2D eigenvalue weighted by Gasteiger charge is -2.03. The van der Waals surface area contributed by atoms with Gasteiger partial charge in [-0.2, -0.15) is 0 Å². The van der Waals surface area contributed by atoms with Crippen LogP contribution in [0, 0.1) is 0 Å². The normalized spacial score (nSPS) is 11.0. The fraction of sp³-hybridized carbons (Fsp3) is 0.200. The zero-order valence-electron chi connectivity index (χ0n) is 10.7. The summed E-state index contributed by atoms with van der Waals surface area (Å²) < 4.78 is 2.16. The molecular formula is C15H16N4. The summed E-state index contributed by atoms with van der Waals surface area (Å²) in [7, 11) is 0. The summed E-state index contributed by atoms with van der Waals surface area (Å²) in [6.07, 6.45) is 6.64. The maximum absolute atomic E-state index is 5.78. The van der Waals surface area contributed by atoms with Crippen molar-refractivity contribution in [3.63, 3.8) is 0 Å². The number of aromatic nitrogens is 3. The number of fused-ring (bicyclic) bond motifs is 1. The van der Waals surface area contributed by atoms with Crippen LogP contribution >= 0.6 is 0 Å². The molecule has 0 amide bonds. The standard InChI is InChI=1S/C15H16N4/c16-10-12-11-19(15-14(12)5-3-8-18-15)9-6-13-4-1-2-7-17-13/h1-5,7-8,11H,6,9-10,16H2. The molecular weight excluding hydrogens is 236 g/mol. The van der Waals surface area contributed by atoms with Gasteiger partial charge in [0.05, 0.1) is 0 Å². The summed E-state index contributed by atoms with van der Waals surface area (Å²) in [6, 6.07) is 10.0. The molecule has 0 spiro atoms. The van der Waals surface area contributed by atoms with Crippen LogP contribution in [0.15, 0.2) is 48.9 Å². The van der Waals surface area contributed by atoms with Crippen molar-refractivity contribution < 1.29 is 0 Å². The van der Waals surface area contributed by atoms with E-state index < -0.39 is 0 Å². The van der Waals surface area contributed by atoms with Crippen LogP contribution in [-0.4, -0.2) is 14.5 Å². The number of nitrogens with two attached hydrogens (primary N) is 1. The van der Waals surface area contributed by atoms with Crippen molar-refractivity contribution in [2.45, 2.75) is 19.5 Å². The van der Waals surface area contributed by atoms with Crippen LogP contribution < -0.4 is 5.73 Å². The van der Waals surface area contributed by atoms with Crippen LogP contribution in [0.1, 0.15) is 11.3 Å². The fourth-order valence-electron chi connectivity index (χ4n) is 2.31. The molecule has 0 unspecified atom stereocenters. The predicted molar refractivity (Wildman–Crippen MR) is 75.6 cm³/mol. The fourth-order valence-corrected chi connectivity index (χ4v) is 2.31. The maximum Gasteiger partial charge on any atom is 0.140 e. The average Bonchev–Trinajstić information content (AvgIpc) is 2.84. The first-order chi connectivity index (χ1) is 9.38. The SMILES string of the molecule is NCc1cn(CCc2ccccn2)c2ncccc12. The van der Waals surface area contributed by atoms with Crippen molar-refractivity contribution in [2.24, 2.45) is 5.73 Å². The molecule has 19 heavy (non-hydrogen) atoms. The van der Waals surface area contributed by atoms with Gasteiger partial charge in [0, 0.05) is 49.2 Å². The molecule has 0 fully saturated rings. The molecule has 0 bridgehead atoms. The Morgan fingerprint density at radius 1 is 1.05 bits per heavy atom. The Balaban J connectivity index is 1.89. The van der Waals surface area contributed by atoms with E-state index in [1.54, 1.807) is 0 Å². The largest absolute Gasteiger partial charge is 0.332 e. The van der Waals surface area contributed by atoms with Gasteiger partial charge in [0.2, 0.25) is 0 Å². The summed E-state index contributed by atoms with van der Waals surface area (Å²) in [5.74, 6) is 0. The lowest BCUT2D eigenvalue weighted by molar-refractivity contribution is 0.701. The highest BCUT2D eigenvalue weighted by molar-refractivity contribution is 5.80. The first kappa shape index (κ1) is 11.9. The first-order valence-corrected chi connectivity index (χ1v) is 6.41. The molecule has 0 saturated carbocycles. The lowest BCUT2D eigenvalue weighted by Crippen LogP contribution is -2.02. The van der Waals surface area contributed by atoms with E-state index in [0.717, 1.165) is 35.3 Å². The molecule has 3 heterocycles. The van der Waals surface area contributed by atoms with Crippen molar-refractivity contribution >= 4 is 11.0 Å². The number of hydrogen-bond donors (Lipinski definition) is 1. The Morgan fingerprint density at radius 2 is 1.95 bits per heavy atom. The minimum absolute atomic E-state index is 0.540. The molecule has 96 valence electrons. The third-order valence-corrected chi connectivity index (χ3v) is 3.27. The second kappa shape index (κ2) is 5.20. The third-order valence-electron chi connectivity index (χ3n) is 3.27. The molecule has 4 nitrogen and oxygen atoms in total. The van der Waals surface area contributed by atoms with E-state index >= 15 is 0 Å². The van der Waals surface area contributed by atoms with Gasteiger partial charge in [-0.3, -0.25) is 4.98 Å². The molecule has 3 aromatic heterocycles. The molecule has 3 aromatic rings. The van der Waals surface area contributed by atoms with Crippen molar-refractivity contribution in [3.8, 4) is 0 Å². The summed E-state index contributed by atoms with van der Waals surface area (Å²) in [5, 5.41) is 1.14. The van der Waals surface area contributed by atoms with Gasteiger partial charge in [-0.1, -0.05) is 6.07 Å². The lowest BCUT2D eigenvalue weighted by atomic mass is 10.2. The van der Waals surface area contributed by atoms with Crippen LogP contribution in [-0.2, 0) is 19.5 Å². The van der Waals surface area contributed by atoms with E-state index in [0.29, 0.717) is 6.54 Å². The highest BCUT2D eigenvalue weighted by Crippen LogP contribution is 2.19. The zero-order chi connectivity index (χ0) is 13.1. The van der Waals surface area contributed by atoms with Gasteiger partial charge in [0.15, 0.2) is 0 Å². The smallest absolute Gasteiger partial charge is 0.140 e. The monoisotopic (exact) mass is 252 g/mol. The van der Waals surface area contributed by atoms with E-state index in [1.165, 1.54) is 0 Å². The van der Waals surface area contributed by atoms with Crippen LogP contribution in [0.3, 0.4) is 0 Å². The zero-order valence-corrected chi connectivity index (χ0v) is 10.7. The second-order valence-corrected chi connectivity index (χ2v) is 4.50. The van der Waals surface area contributed by atoms with Crippen LogP contribution in [0.2, 0.25) is 0 Å². The van der Waals surface area contributed by atoms with E-state index in [-0.39, 0.29) is 0 Å². The Kier molecular flexibility index (Phi) is 3.25. The van der Waals surface area contributed by atoms with E-state index in [2.05, 4.69) is 26.8 Å². The van der Waals surface area contributed by atoms with Gasteiger partial charge in [-0.25, -0.2) is 4.98 Å². The molecule has 0 aliphatic carbocycles. The summed E-state index contributed by atoms with van der Waals surface area (Å²) in [6.45, 7) is 1.41. The topological polar surface area (TPSA) is 56.7 Å². The highest BCUT2D eigenvalue weighted by Gasteiger charge is 2.07. The molecule has 4 heteroatoms. The second-order valence-electron chi connectivity index (χ2n) is 4.50. The summed E-state index contributed by atoms with van der Waals surface area (Å²) in [4.78, 5) is 8.79. The summed E-state index contributed by atoms with van der Waals surface area (Å²) in [5.41, 5.74) is 9.02.